The van der Waals surface area contributed by atoms with E-state index >= 15 is 0 Å². The summed E-state index contributed by atoms with van der Waals surface area (Å²) in [4.78, 5) is 0. The molecule has 1 aromatic carbocycles. The lowest BCUT2D eigenvalue weighted by Gasteiger charge is -2.26. The predicted molar refractivity (Wildman–Crippen MR) is 81.2 cm³/mol. The van der Waals surface area contributed by atoms with E-state index in [0.29, 0.717) is 6.04 Å². The number of anilines is 1. The molecule has 0 atom stereocenters. The molecule has 3 rings (SSSR count). The molecule has 0 bridgehead atoms. The van der Waals surface area contributed by atoms with Crippen molar-refractivity contribution in [2.45, 2.75) is 51.7 Å². The van der Waals surface area contributed by atoms with Gasteiger partial charge in [0, 0.05) is 35.9 Å². The molecule has 3 heteroatoms. The fraction of sp³-hybridized carbons (Fsp3) is 0.500. The first kappa shape index (κ1) is 12.5. The Balaban J connectivity index is 1.94. The molecule has 1 saturated carbocycles. The lowest BCUT2D eigenvalue weighted by Crippen LogP contribution is -2.34. The first-order chi connectivity index (χ1) is 9.15. The normalized spacial score (nSPS) is 16.2. The minimum Gasteiger partial charge on any atom is -0.399 e. The topological polar surface area (TPSA) is 43.0 Å². The molecule has 3 N–H and O–H groups in total. The van der Waals surface area contributed by atoms with Crippen LogP contribution in [0.1, 0.15) is 44.7 Å². The van der Waals surface area contributed by atoms with Gasteiger partial charge in [0.2, 0.25) is 0 Å². The zero-order valence-corrected chi connectivity index (χ0v) is 11.8. The van der Waals surface area contributed by atoms with Gasteiger partial charge in [-0.3, -0.25) is 0 Å². The summed E-state index contributed by atoms with van der Waals surface area (Å²) in [6, 6.07) is 7.43. The molecular formula is C16H23N3. The summed E-state index contributed by atoms with van der Waals surface area (Å²) in [7, 11) is 0. The number of nitrogens with zero attached hydrogens (tertiary/aromatic N) is 1. The third kappa shape index (κ3) is 2.35. The van der Waals surface area contributed by atoms with Gasteiger partial charge in [-0.05, 0) is 44.4 Å². The Morgan fingerprint density at radius 1 is 1.37 bits per heavy atom. The third-order valence-corrected chi connectivity index (χ3v) is 4.18. The van der Waals surface area contributed by atoms with E-state index in [1.54, 1.807) is 0 Å². The number of aromatic nitrogens is 1. The maximum Gasteiger partial charge on any atom is 0.0506 e. The first-order valence-corrected chi connectivity index (χ1v) is 7.27. The van der Waals surface area contributed by atoms with Crippen LogP contribution in [-0.4, -0.2) is 10.6 Å². The van der Waals surface area contributed by atoms with Gasteiger partial charge in [-0.1, -0.05) is 12.5 Å². The van der Waals surface area contributed by atoms with Crippen LogP contribution in [0.3, 0.4) is 0 Å². The molecule has 0 spiro atoms. The maximum absolute atomic E-state index is 5.93. The van der Waals surface area contributed by atoms with E-state index in [-0.39, 0.29) is 0 Å². The molecule has 102 valence electrons. The lowest BCUT2D eigenvalue weighted by molar-refractivity contribution is 0.338. The number of rotatable bonds is 4. The second-order valence-corrected chi connectivity index (χ2v) is 5.94. The van der Waals surface area contributed by atoms with Crippen molar-refractivity contribution in [3.05, 3.63) is 30.0 Å². The molecule has 1 aliphatic rings. The molecule has 0 unspecified atom stereocenters. The van der Waals surface area contributed by atoms with Gasteiger partial charge in [-0.2, -0.15) is 0 Å². The highest BCUT2D eigenvalue weighted by Crippen LogP contribution is 2.27. The van der Waals surface area contributed by atoms with Gasteiger partial charge in [0.1, 0.15) is 0 Å². The zero-order valence-electron chi connectivity index (χ0n) is 11.8. The summed E-state index contributed by atoms with van der Waals surface area (Å²) < 4.78 is 2.32. The van der Waals surface area contributed by atoms with Crippen LogP contribution < -0.4 is 11.1 Å². The van der Waals surface area contributed by atoms with Gasteiger partial charge >= 0.3 is 0 Å². The van der Waals surface area contributed by atoms with E-state index in [4.69, 9.17) is 5.73 Å². The van der Waals surface area contributed by atoms with E-state index in [1.807, 2.05) is 6.07 Å². The Morgan fingerprint density at radius 2 is 2.16 bits per heavy atom. The van der Waals surface area contributed by atoms with Gasteiger partial charge in [0.05, 0.1) is 5.52 Å². The third-order valence-electron chi connectivity index (χ3n) is 4.18. The second kappa shape index (κ2) is 4.89. The van der Waals surface area contributed by atoms with Crippen LogP contribution >= 0.6 is 0 Å². The Labute approximate surface area is 114 Å². The van der Waals surface area contributed by atoms with Gasteiger partial charge in [-0.15, -0.1) is 0 Å². The number of hydrogen-bond donors (Lipinski definition) is 2. The van der Waals surface area contributed by atoms with Crippen molar-refractivity contribution in [1.29, 1.82) is 0 Å². The minimum atomic E-state index is 0.460. The molecule has 19 heavy (non-hydrogen) atoms. The van der Waals surface area contributed by atoms with E-state index in [1.165, 1.54) is 35.7 Å². The molecule has 1 fully saturated rings. The molecule has 1 heterocycles. The SMILES string of the molecule is CC(C)n1cc(CNC2CCC2)c2ccc(N)cc21. The Bertz CT molecular complexity index is 579. The highest BCUT2D eigenvalue weighted by atomic mass is 15.0. The van der Waals surface area contributed by atoms with Crippen molar-refractivity contribution in [2.24, 2.45) is 0 Å². The molecule has 0 aliphatic heterocycles. The number of fused-ring (bicyclic) bond motifs is 1. The molecule has 2 aromatic rings. The fourth-order valence-electron chi connectivity index (χ4n) is 2.78. The second-order valence-electron chi connectivity index (χ2n) is 5.94. The predicted octanol–water partition coefficient (Wildman–Crippen LogP) is 3.45. The summed E-state index contributed by atoms with van der Waals surface area (Å²) in [5.41, 5.74) is 9.40. The zero-order chi connectivity index (χ0) is 13.4. The molecule has 0 amide bonds. The van der Waals surface area contributed by atoms with Gasteiger partial charge in [-0.25, -0.2) is 0 Å². The Morgan fingerprint density at radius 3 is 2.79 bits per heavy atom. The van der Waals surface area contributed by atoms with Gasteiger partial charge < -0.3 is 15.6 Å². The van der Waals surface area contributed by atoms with E-state index in [0.717, 1.165) is 18.3 Å². The fourth-order valence-corrected chi connectivity index (χ4v) is 2.78. The summed E-state index contributed by atoms with van der Waals surface area (Å²) >= 11 is 0. The van der Waals surface area contributed by atoms with Crippen LogP contribution in [0.5, 0.6) is 0 Å². The van der Waals surface area contributed by atoms with E-state index < -0.39 is 0 Å². The Hall–Kier alpha value is -1.48. The number of nitrogen functional groups attached to an aromatic ring is 1. The Kier molecular flexibility index (Phi) is 3.23. The number of benzene rings is 1. The van der Waals surface area contributed by atoms with Crippen molar-refractivity contribution < 1.29 is 0 Å². The van der Waals surface area contributed by atoms with Crippen LogP contribution in [0.2, 0.25) is 0 Å². The van der Waals surface area contributed by atoms with E-state index in [9.17, 15) is 0 Å². The highest BCUT2D eigenvalue weighted by molar-refractivity contribution is 5.86. The van der Waals surface area contributed by atoms with Crippen LogP contribution in [-0.2, 0) is 6.54 Å². The molecule has 1 aliphatic carbocycles. The molecule has 0 saturated heterocycles. The minimum absolute atomic E-state index is 0.460. The first-order valence-electron chi connectivity index (χ1n) is 7.27. The maximum atomic E-state index is 5.93. The summed E-state index contributed by atoms with van der Waals surface area (Å²) in [5, 5.41) is 4.98. The standard InChI is InChI=1S/C16H23N3/c1-11(2)19-10-12(9-18-14-4-3-5-14)15-7-6-13(17)8-16(15)19/h6-8,10-11,14,18H,3-5,9,17H2,1-2H3. The molecular weight excluding hydrogens is 234 g/mol. The number of nitrogens with two attached hydrogens (primary N) is 1. The largest absolute Gasteiger partial charge is 0.399 e. The van der Waals surface area contributed by atoms with Gasteiger partial charge in [0.15, 0.2) is 0 Å². The van der Waals surface area contributed by atoms with Gasteiger partial charge in [0.25, 0.3) is 0 Å². The van der Waals surface area contributed by atoms with Crippen LogP contribution in [0.25, 0.3) is 10.9 Å². The number of nitrogens with one attached hydrogen (secondary N) is 1. The quantitative estimate of drug-likeness (QED) is 0.824. The van der Waals surface area contributed by atoms with Crippen LogP contribution in [0.4, 0.5) is 5.69 Å². The average molecular weight is 257 g/mol. The smallest absolute Gasteiger partial charge is 0.0506 e. The van der Waals surface area contributed by atoms with Crippen molar-refractivity contribution in [2.75, 3.05) is 5.73 Å². The van der Waals surface area contributed by atoms with Crippen molar-refractivity contribution >= 4 is 16.6 Å². The molecule has 1 aromatic heterocycles. The van der Waals surface area contributed by atoms with Crippen molar-refractivity contribution in [3.8, 4) is 0 Å². The van der Waals surface area contributed by atoms with Crippen LogP contribution in [0.15, 0.2) is 24.4 Å². The van der Waals surface area contributed by atoms with E-state index in [2.05, 4.69) is 42.1 Å². The van der Waals surface area contributed by atoms with Crippen LogP contribution in [0, 0.1) is 0 Å². The molecule has 0 radical (unpaired) electrons. The average Bonchev–Trinajstić information content (AvgIpc) is 2.65. The van der Waals surface area contributed by atoms with Crippen molar-refractivity contribution in [3.63, 3.8) is 0 Å². The lowest BCUT2D eigenvalue weighted by atomic mass is 9.93. The highest BCUT2D eigenvalue weighted by Gasteiger charge is 2.17. The summed E-state index contributed by atoms with van der Waals surface area (Å²) in [5.74, 6) is 0. The monoisotopic (exact) mass is 257 g/mol. The number of hydrogen-bond acceptors (Lipinski definition) is 2. The molecule has 3 nitrogen and oxygen atoms in total. The van der Waals surface area contributed by atoms with Crippen molar-refractivity contribution in [1.82, 2.24) is 9.88 Å². The summed E-state index contributed by atoms with van der Waals surface area (Å²) in [6.07, 6.45) is 6.31. The summed E-state index contributed by atoms with van der Waals surface area (Å²) in [6.45, 7) is 5.39.